The second kappa shape index (κ2) is 6.16. The molecule has 5 rings (SSSR count). The lowest BCUT2D eigenvalue weighted by Crippen LogP contribution is -2.46. The van der Waals surface area contributed by atoms with Crippen molar-refractivity contribution in [2.24, 2.45) is 28.3 Å². The molecule has 5 aliphatic rings. The maximum absolute atomic E-state index is 12.0. The van der Waals surface area contributed by atoms with E-state index in [4.69, 9.17) is 0 Å². The van der Waals surface area contributed by atoms with Gasteiger partial charge in [0.05, 0.1) is 0 Å². The smallest absolute Gasteiger partial charge is 0.259 e. The second-order valence-electron chi connectivity index (χ2n) is 8.90. The maximum atomic E-state index is 12.0. The molecular formula is C19H29N3O2. The number of nitrogens with zero attached hydrogens (tertiary/aromatic N) is 2. The van der Waals surface area contributed by atoms with Crippen LogP contribution in [0.25, 0.3) is 0 Å². The molecular weight excluding hydrogens is 302 g/mol. The van der Waals surface area contributed by atoms with Crippen molar-refractivity contribution < 1.29 is 9.59 Å². The predicted octanol–water partition coefficient (Wildman–Crippen LogP) is 2.71. The van der Waals surface area contributed by atoms with Crippen LogP contribution in [-0.4, -0.2) is 35.5 Å². The van der Waals surface area contributed by atoms with Crippen molar-refractivity contribution >= 4 is 17.5 Å². The summed E-state index contributed by atoms with van der Waals surface area (Å²) < 4.78 is 0. The zero-order valence-electron chi connectivity index (χ0n) is 14.7. The molecule has 4 aliphatic carbocycles. The average Bonchev–Trinajstić information content (AvgIpc) is 2.88. The van der Waals surface area contributed by atoms with Crippen LogP contribution in [0.15, 0.2) is 5.10 Å². The Morgan fingerprint density at radius 3 is 2.38 bits per heavy atom. The number of nitrogens with one attached hydrogen (secondary N) is 1. The Morgan fingerprint density at radius 2 is 1.83 bits per heavy atom. The van der Waals surface area contributed by atoms with Gasteiger partial charge in [-0.1, -0.05) is 0 Å². The van der Waals surface area contributed by atoms with Crippen molar-refractivity contribution in [3.05, 3.63) is 0 Å². The minimum atomic E-state index is -0.171. The lowest BCUT2D eigenvalue weighted by Gasteiger charge is -2.57. The van der Waals surface area contributed by atoms with Crippen LogP contribution in [0.3, 0.4) is 0 Å². The predicted molar refractivity (Wildman–Crippen MR) is 92.3 cm³/mol. The Bertz CT molecular complexity index is 534. The molecule has 24 heavy (non-hydrogen) atoms. The minimum Gasteiger partial charge on any atom is -0.333 e. The van der Waals surface area contributed by atoms with E-state index in [0.29, 0.717) is 18.4 Å². The first kappa shape index (κ1) is 16.1. The van der Waals surface area contributed by atoms with Gasteiger partial charge in [0.1, 0.15) is 6.54 Å². The third-order valence-electron chi connectivity index (χ3n) is 6.67. The van der Waals surface area contributed by atoms with E-state index in [9.17, 15) is 9.59 Å². The monoisotopic (exact) mass is 331 g/mol. The summed E-state index contributed by atoms with van der Waals surface area (Å²) >= 11 is 0. The molecule has 0 aromatic carbocycles. The zero-order valence-corrected chi connectivity index (χ0v) is 14.7. The number of amides is 2. The lowest BCUT2D eigenvalue weighted by atomic mass is 9.48. The number of rotatable bonds is 5. The van der Waals surface area contributed by atoms with Crippen molar-refractivity contribution in [3.8, 4) is 0 Å². The van der Waals surface area contributed by atoms with Crippen LogP contribution in [0, 0.1) is 23.2 Å². The third kappa shape index (κ3) is 3.22. The molecule has 0 spiro atoms. The zero-order chi connectivity index (χ0) is 16.7. The summed E-state index contributed by atoms with van der Waals surface area (Å²) in [5, 5.41) is 4.35. The van der Waals surface area contributed by atoms with Crippen LogP contribution >= 0.6 is 0 Å². The first-order valence-corrected chi connectivity index (χ1v) is 9.61. The third-order valence-corrected chi connectivity index (χ3v) is 6.67. The number of hydrogen-bond donors (Lipinski definition) is 1. The van der Waals surface area contributed by atoms with Gasteiger partial charge in [0, 0.05) is 18.7 Å². The first-order valence-electron chi connectivity index (χ1n) is 9.61. The molecule has 1 aliphatic heterocycles. The molecule has 5 fully saturated rings. The highest BCUT2D eigenvalue weighted by Crippen LogP contribution is 2.61. The Balaban J connectivity index is 1.31. The summed E-state index contributed by atoms with van der Waals surface area (Å²) in [6, 6.07) is 0. The molecule has 132 valence electrons. The quantitative estimate of drug-likeness (QED) is 0.622. The Hall–Kier alpha value is -1.39. The highest BCUT2D eigenvalue weighted by molar-refractivity contribution is 5.88. The van der Waals surface area contributed by atoms with Gasteiger partial charge in [-0.15, -0.1) is 0 Å². The number of carbonyl (C=O) groups excluding carboxylic acids is 2. The van der Waals surface area contributed by atoms with E-state index < -0.39 is 0 Å². The van der Waals surface area contributed by atoms with Crippen molar-refractivity contribution in [1.29, 1.82) is 0 Å². The summed E-state index contributed by atoms with van der Waals surface area (Å²) in [5.41, 5.74) is 4.16. The standard InChI is InChI=1S/C19H29N3O2/c1-13(20-21-17(23)12-22-4-2-3-18(22)24)8-19-9-14-5-15(10-19)7-16(6-14)11-19/h14-16H,2-12H2,1H3,(H,21,23)/b20-13+. The van der Waals surface area contributed by atoms with Gasteiger partial charge in [-0.2, -0.15) is 5.10 Å². The molecule has 0 aromatic heterocycles. The van der Waals surface area contributed by atoms with E-state index in [2.05, 4.69) is 10.5 Å². The van der Waals surface area contributed by atoms with Crippen molar-refractivity contribution in [1.82, 2.24) is 10.3 Å². The second-order valence-corrected chi connectivity index (χ2v) is 8.90. The fourth-order valence-corrected chi connectivity index (χ4v) is 6.33. The van der Waals surface area contributed by atoms with Crippen molar-refractivity contribution in [3.63, 3.8) is 0 Å². The van der Waals surface area contributed by atoms with Gasteiger partial charge in [-0.3, -0.25) is 9.59 Å². The molecule has 0 radical (unpaired) electrons. The van der Waals surface area contributed by atoms with Crippen LogP contribution in [-0.2, 0) is 9.59 Å². The van der Waals surface area contributed by atoms with E-state index in [-0.39, 0.29) is 18.4 Å². The van der Waals surface area contributed by atoms with E-state index in [0.717, 1.165) is 36.3 Å². The molecule has 0 atom stereocenters. The summed E-state index contributed by atoms with van der Waals surface area (Å²) in [4.78, 5) is 25.2. The maximum Gasteiger partial charge on any atom is 0.259 e. The van der Waals surface area contributed by atoms with Gasteiger partial charge in [-0.05, 0) is 81.5 Å². The van der Waals surface area contributed by atoms with E-state index in [1.807, 2.05) is 6.92 Å². The van der Waals surface area contributed by atoms with Crippen LogP contribution in [0.2, 0.25) is 0 Å². The van der Waals surface area contributed by atoms with Gasteiger partial charge in [0.2, 0.25) is 5.91 Å². The molecule has 1 saturated heterocycles. The molecule has 1 N–H and O–H groups in total. The molecule has 0 unspecified atom stereocenters. The largest absolute Gasteiger partial charge is 0.333 e. The molecule has 1 heterocycles. The molecule has 2 amide bonds. The summed E-state index contributed by atoms with van der Waals surface area (Å²) in [6.45, 7) is 2.88. The van der Waals surface area contributed by atoms with E-state index in [1.54, 1.807) is 4.90 Å². The number of likely N-dealkylation sites (tertiary alicyclic amines) is 1. The fraction of sp³-hybridized carbons (Fsp3) is 0.842. The van der Waals surface area contributed by atoms with Gasteiger partial charge in [0.15, 0.2) is 0 Å². The topological polar surface area (TPSA) is 61.8 Å². The van der Waals surface area contributed by atoms with Crippen molar-refractivity contribution in [2.75, 3.05) is 13.1 Å². The molecule has 4 saturated carbocycles. The van der Waals surface area contributed by atoms with Crippen LogP contribution in [0.4, 0.5) is 0 Å². The first-order chi connectivity index (χ1) is 11.5. The normalized spacial score (nSPS) is 38.0. The summed E-state index contributed by atoms with van der Waals surface area (Å²) in [6.07, 6.45) is 10.9. The van der Waals surface area contributed by atoms with E-state index in [1.165, 1.54) is 38.5 Å². The lowest BCUT2D eigenvalue weighted by molar-refractivity contribution is -0.133. The SMILES string of the molecule is C/C(CC12CC3CC(CC(C3)C1)C2)=N\NC(=O)CN1CCCC1=O. The summed E-state index contributed by atoms with van der Waals surface area (Å²) in [5.74, 6) is 2.74. The van der Waals surface area contributed by atoms with Crippen molar-refractivity contribution in [2.45, 2.75) is 64.7 Å². The van der Waals surface area contributed by atoms with Gasteiger partial charge in [-0.25, -0.2) is 5.43 Å². The Labute approximate surface area is 144 Å². The van der Waals surface area contributed by atoms with Gasteiger partial charge < -0.3 is 4.90 Å². The summed E-state index contributed by atoms with van der Waals surface area (Å²) in [7, 11) is 0. The molecule has 0 aromatic rings. The number of carbonyl (C=O) groups is 2. The molecule has 5 nitrogen and oxygen atoms in total. The Morgan fingerprint density at radius 1 is 1.21 bits per heavy atom. The molecule has 5 heteroatoms. The average molecular weight is 331 g/mol. The highest BCUT2D eigenvalue weighted by Gasteiger charge is 2.50. The fourth-order valence-electron chi connectivity index (χ4n) is 6.33. The number of hydrogen-bond acceptors (Lipinski definition) is 3. The van der Waals surface area contributed by atoms with Crippen LogP contribution in [0.5, 0.6) is 0 Å². The Kier molecular flexibility index (Phi) is 4.13. The minimum absolute atomic E-state index is 0.0828. The van der Waals surface area contributed by atoms with E-state index >= 15 is 0 Å². The van der Waals surface area contributed by atoms with Crippen LogP contribution in [0.1, 0.15) is 64.7 Å². The highest BCUT2D eigenvalue weighted by atomic mass is 16.2. The van der Waals surface area contributed by atoms with Gasteiger partial charge >= 0.3 is 0 Å². The van der Waals surface area contributed by atoms with Crippen LogP contribution < -0.4 is 5.43 Å². The van der Waals surface area contributed by atoms with Gasteiger partial charge in [0.25, 0.3) is 5.91 Å². The number of hydrazone groups is 1. The molecule has 4 bridgehead atoms.